The van der Waals surface area contributed by atoms with Gasteiger partial charge in [-0.25, -0.2) is 4.98 Å². The zero-order valence-corrected chi connectivity index (χ0v) is 10.5. The molecule has 3 rings (SSSR count). The highest BCUT2D eigenvalue weighted by Crippen LogP contribution is 2.21. The summed E-state index contributed by atoms with van der Waals surface area (Å²) in [5, 5.41) is 14.6. The van der Waals surface area contributed by atoms with E-state index in [4.69, 9.17) is 4.74 Å². The molecule has 0 aliphatic heterocycles. The predicted molar refractivity (Wildman–Crippen MR) is 69.6 cm³/mol. The van der Waals surface area contributed by atoms with Gasteiger partial charge in [0.15, 0.2) is 0 Å². The largest absolute Gasteiger partial charge is 0.497 e. The van der Waals surface area contributed by atoms with Crippen LogP contribution in [0.25, 0.3) is 5.78 Å². The van der Waals surface area contributed by atoms with Gasteiger partial charge >= 0.3 is 0 Å². The van der Waals surface area contributed by atoms with Crippen LogP contribution in [0.1, 0.15) is 5.69 Å². The van der Waals surface area contributed by atoms with Crippen LogP contribution in [0.5, 0.6) is 5.75 Å². The fraction of sp³-hybridized carbons (Fsp3) is 0.167. The van der Waals surface area contributed by atoms with E-state index >= 15 is 0 Å². The molecule has 0 saturated carbocycles. The molecule has 0 radical (unpaired) electrons. The van der Waals surface area contributed by atoms with Crippen LogP contribution in [0.2, 0.25) is 0 Å². The number of nitrogens with one attached hydrogen (secondary N) is 1. The minimum absolute atomic E-state index is 0.463. The Balaban J connectivity index is 2.02. The summed E-state index contributed by atoms with van der Waals surface area (Å²) in [4.78, 5) is 4.23. The molecule has 2 aromatic heterocycles. The lowest BCUT2D eigenvalue weighted by Gasteiger charge is -2.09. The van der Waals surface area contributed by atoms with Gasteiger partial charge in [0.25, 0.3) is 5.78 Å². The van der Waals surface area contributed by atoms with E-state index in [9.17, 15) is 0 Å². The number of ether oxygens (including phenoxy) is 1. The number of methoxy groups -OCH3 is 1. The van der Waals surface area contributed by atoms with Crippen molar-refractivity contribution in [2.75, 3.05) is 12.4 Å². The smallest absolute Gasteiger partial charge is 0.275 e. The number of benzene rings is 1. The van der Waals surface area contributed by atoms with Gasteiger partial charge in [-0.15, -0.1) is 0 Å². The average molecular weight is 256 g/mol. The second-order valence-corrected chi connectivity index (χ2v) is 4.03. The molecular formula is C12H12N6O. The third-order valence-corrected chi connectivity index (χ3v) is 2.65. The standard InChI is InChI=1S/C12H12N6O/c1-8-6-11(18-12(13-8)15-16-17-18)14-9-4-3-5-10(7-9)19-2/h3-7,14H,1-2H3. The first-order valence-electron chi connectivity index (χ1n) is 5.73. The maximum Gasteiger partial charge on any atom is 0.275 e. The first-order chi connectivity index (χ1) is 9.26. The highest BCUT2D eigenvalue weighted by atomic mass is 16.5. The molecule has 3 aromatic rings. The molecule has 0 amide bonds. The van der Waals surface area contributed by atoms with Gasteiger partial charge < -0.3 is 10.1 Å². The molecular weight excluding hydrogens is 244 g/mol. The van der Waals surface area contributed by atoms with Gasteiger partial charge in [0.05, 0.1) is 7.11 Å². The minimum atomic E-state index is 0.463. The predicted octanol–water partition coefficient (Wildman–Crippen LogP) is 1.58. The van der Waals surface area contributed by atoms with E-state index in [2.05, 4.69) is 25.8 Å². The van der Waals surface area contributed by atoms with Crippen molar-refractivity contribution in [3.05, 3.63) is 36.0 Å². The van der Waals surface area contributed by atoms with E-state index in [1.165, 1.54) is 0 Å². The van der Waals surface area contributed by atoms with Crippen LogP contribution in [0.4, 0.5) is 11.5 Å². The number of anilines is 2. The van der Waals surface area contributed by atoms with Crippen LogP contribution >= 0.6 is 0 Å². The summed E-state index contributed by atoms with van der Waals surface area (Å²) in [5.74, 6) is 2.00. The number of fused-ring (bicyclic) bond motifs is 1. The molecule has 7 heteroatoms. The second-order valence-electron chi connectivity index (χ2n) is 4.03. The van der Waals surface area contributed by atoms with E-state index in [-0.39, 0.29) is 0 Å². The summed E-state index contributed by atoms with van der Waals surface area (Å²) in [6.07, 6.45) is 0. The Morgan fingerprint density at radius 2 is 2.16 bits per heavy atom. The normalized spacial score (nSPS) is 10.6. The van der Waals surface area contributed by atoms with Crippen LogP contribution < -0.4 is 10.1 Å². The van der Waals surface area contributed by atoms with Crippen LogP contribution in [0.15, 0.2) is 30.3 Å². The molecule has 0 spiro atoms. The zero-order chi connectivity index (χ0) is 13.2. The number of aromatic nitrogens is 5. The number of tetrazole rings is 1. The maximum absolute atomic E-state index is 5.19. The fourth-order valence-electron chi connectivity index (χ4n) is 1.79. The van der Waals surface area contributed by atoms with Crippen LogP contribution in [0.3, 0.4) is 0 Å². The van der Waals surface area contributed by atoms with E-state index in [1.807, 2.05) is 37.3 Å². The van der Waals surface area contributed by atoms with Gasteiger partial charge in [-0.05, 0) is 29.5 Å². The molecule has 0 unspecified atom stereocenters. The molecule has 1 N–H and O–H groups in total. The third-order valence-electron chi connectivity index (χ3n) is 2.65. The molecule has 0 aliphatic rings. The Labute approximate surface area is 109 Å². The molecule has 1 aromatic carbocycles. The Kier molecular flexibility index (Phi) is 2.71. The minimum Gasteiger partial charge on any atom is -0.497 e. The first kappa shape index (κ1) is 11.4. The van der Waals surface area contributed by atoms with Crippen LogP contribution in [0, 0.1) is 6.92 Å². The molecule has 0 aliphatic carbocycles. The Morgan fingerprint density at radius 3 is 3.00 bits per heavy atom. The van der Waals surface area contributed by atoms with Gasteiger partial charge in [-0.3, -0.25) is 0 Å². The van der Waals surface area contributed by atoms with Gasteiger partial charge in [-0.1, -0.05) is 11.2 Å². The fourth-order valence-corrected chi connectivity index (χ4v) is 1.79. The summed E-state index contributed by atoms with van der Waals surface area (Å²) in [5.41, 5.74) is 1.73. The lowest BCUT2D eigenvalue weighted by Crippen LogP contribution is -2.02. The zero-order valence-electron chi connectivity index (χ0n) is 10.5. The lowest BCUT2D eigenvalue weighted by atomic mass is 10.3. The van der Waals surface area contributed by atoms with Gasteiger partial charge in [0.1, 0.15) is 11.6 Å². The van der Waals surface area contributed by atoms with Gasteiger partial charge in [0, 0.05) is 23.5 Å². The summed E-state index contributed by atoms with van der Waals surface area (Å²) >= 11 is 0. The first-order valence-corrected chi connectivity index (χ1v) is 5.73. The summed E-state index contributed by atoms with van der Waals surface area (Å²) in [6.45, 7) is 1.89. The highest BCUT2D eigenvalue weighted by Gasteiger charge is 2.07. The van der Waals surface area contributed by atoms with Crippen molar-refractivity contribution in [3.8, 4) is 5.75 Å². The second kappa shape index (κ2) is 4.52. The van der Waals surface area contributed by atoms with Crippen molar-refractivity contribution in [1.29, 1.82) is 0 Å². The highest BCUT2D eigenvalue weighted by molar-refractivity contribution is 5.60. The number of hydrogen-bond acceptors (Lipinski definition) is 6. The van der Waals surface area contributed by atoms with Crippen LogP contribution in [-0.2, 0) is 0 Å². The van der Waals surface area contributed by atoms with Crippen molar-refractivity contribution in [1.82, 2.24) is 25.0 Å². The van der Waals surface area contributed by atoms with Crippen molar-refractivity contribution < 1.29 is 4.74 Å². The molecule has 7 nitrogen and oxygen atoms in total. The Hall–Kier alpha value is -2.70. The summed E-state index contributed by atoms with van der Waals surface area (Å²) in [7, 11) is 1.63. The topological polar surface area (TPSA) is 77.2 Å². The average Bonchev–Trinajstić information content (AvgIpc) is 2.87. The molecule has 2 heterocycles. The van der Waals surface area contributed by atoms with Crippen LogP contribution in [-0.4, -0.2) is 32.1 Å². The maximum atomic E-state index is 5.19. The number of nitrogens with zero attached hydrogens (tertiary/aromatic N) is 5. The van der Waals surface area contributed by atoms with E-state index in [0.717, 1.165) is 22.9 Å². The Bertz CT molecular complexity index is 723. The van der Waals surface area contributed by atoms with Crippen molar-refractivity contribution in [3.63, 3.8) is 0 Å². The molecule has 0 saturated heterocycles. The van der Waals surface area contributed by atoms with Crippen molar-refractivity contribution >= 4 is 17.3 Å². The van der Waals surface area contributed by atoms with Gasteiger partial charge in [-0.2, -0.15) is 4.52 Å². The number of aryl methyl sites for hydroxylation is 1. The Morgan fingerprint density at radius 1 is 1.26 bits per heavy atom. The molecule has 0 atom stereocenters. The number of hydrogen-bond donors (Lipinski definition) is 1. The quantitative estimate of drug-likeness (QED) is 0.766. The summed E-state index contributed by atoms with van der Waals surface area (Å²) in [6, 6.07) is 9.50. The van der Waals surface area contributed by atoms with Gasteiger partial charge in [0.2, 0.25) is 0 Å². The third kappa shape index (κ3) is 2.17. The molecule has 0 fully saturated rings. The molecule has 19 heavy (non-hydrogen) atoms. The van der Waals surface area contributed by atoms with E-state index in [0.29, 0.717) is 5.78 Å². The SMILES string of the molecule is COc1cccc(Nc2cc(C)nc3nnnn23)c1. The van der Waals surface area contributed by atoms with E-state index in [1.54, 1.807) is 11.6 Å². The van der Waals surface area contributed by atoms with E-state index < -0.39 is 0 Å². The number of rotatable bonds is 3. The molecule has 96 valence electrons. The van der Waals surface area contributed by atoms with Crippen molar-refractivity contribution in [2.24, 2.45) is 0 Å². The summed E-state index contributed by atoms with van der Waals surface area (Å²) < 4.78 is 6.74. The lowest BCUT2D eigenvalue weighted by molar-refractivity contribution is 0.415. The molecule has 0 bridgehead atoms. The monoisotopic (exact) mass is 256 g/mol. The van der Waals surface area contributed by atoms with Crippen molar-refractivity contribution in [2.45, 2.75) is 6.92 Å².